The van der Waals surface area contributed by atoms with Gasteiger partial charge in [0.25, 0.3) is 0 Å². The lowest BCUT2D eigenvalue weighted by Gasteiger charge is -2.05. The fraction of sp³-hybridized carbons (Fsp3) is 0.333. The molecule has 0 aliphatic rings. The van der Waals surface area contributed by atoms with Crippen molar-refractivity contribution in [3.63, 3.8) is 0 Å². The van der Waals surface area contributed by atoms with Crippen LogP contribution in [0.5, 0.6) is 0 Å². The number of hydrogen-bond acceptors (Lipinski definition) is 3. The summed E-state index contributed by atoms with van der Waals surface area (Å²) in [4.78, 5) is 2.70. The van der Waals surface area contributed by atoms with Gasteiger partial charge >= 0.3 is 0 Å². The molecule has 0 saturated carbocycles. The molecule has 1 rings (SSSR count). The first-order valence-corrected chi connectivity index (χ1v) is 4.33. The Bertz CT molecular complexity index is 332. The van der Waals surface area contributed by atoms with Gasteiger partial charge in [-0.15, -0.1) is 0 Å². The van der Waals surface area contributed by atoms with Crippen LogP contribution in [-0.4, -0.2) is 0 Å². The minimum absolute atomic E-state index is 0.345. The molecule has 5 heteroatoms. The molecule has 0 aromatic heterocycles. The highest BCUT2D eigenvalue weighted by molar-refractivity contribution is 5.30. The molecule has 0 spiro atoms. The molecule has 0 heterocycles. The second-order valence-corrected chi connectivity index (χ2v) is 2.95. The van der Waals surface area contributed by atoms with Gasteiger partial charge in [0.2, 0.25) is 0 Å². The van der Waals surface area contributed by atoms with Gasteiger partial charge in [0.05, 0.1) is 6.54 Å². The molecule has 0 aliphatic carbocycles. The normalized spacial score (nSPS) is 9.57. The number of benzene rings is 1. The van der Waals surface area contributed by atoms with Crippen molar-refractivity contribution in [3.8, 4) is 0 Å². The Balaban J connectivity index is 2.97. The van der Waals surface area contributed by atoms with Crippen LogP contribution < -0.4 is 11.5 Å². The van der Waals surface area contributed by atoms with Crippen molar-refractivity contribution in [1.29, 1.82) is 0 Å². The van der Waals surface area contributed by atoms with Gasteiger partial charge in [-0.05, 0) is 22.2 Å². The molecule has 0 aliphatic heterocycles. The molecule has 0 fully saturated rings. The quantitative estimate of drug-likeness (QED) is 0.427. The average Bonchev–Trinajstić information content (AvgIpc) is 2.25. The van der Waals surface area contributed by atoms with E-state index in [-0.39, 0.29) is 0 Å². The Kier molecular flexibility index (Phi) is 3.94. The number of hydrogen-bond donors (Lipinski definition) is 2. The summed E-state index contributed by atoms with van der Waals surface area (Å²) < 4.78 is 0. The molecule has 1 aromatic rings. The molecule has 5 nitrogen and oxygen atoms in total. The Labute approximate surface area is 82.3 Å². The predicted octanol–water partition coefficient (Wildman–Crippen LogP) is 1.41. The summed E-state index contributed by atoms with van der Waals surface area (Å²) in [5.41, 5.74) is 22.2. The van der Waals surface area contributed by atoms with Crippen LogP contribution in [-0.2, 0) is 19.6 Å². The van der Waals surface area contributed by atoms with E-state index in [0.29, 0.717) is 19.6 Å². The summed E-state index contributed by atoms with van der Waals surface area (Å²) in [5.74, 6) is 0. The van der Waals surface area contributed by atoms with E-state index in [1.54, 1.807) is 0 Å². The SMILES string of the molecule is [N-]=[N+]=NCc1cc(CN)cc(CN)c1. The second-order valence-electron chi connectivity index (χ2n) is 2.95. The van der Waals surface area contributed by atoms with Crippen LogP contribution in [0.3, 0.4) is 0 Å². The highest BCUT2D eigenvalue weighted by atomic mass is 15.1. The molecule has 0 unspecified atom stereocenters. The largest absolute Gasteiger partial charge is 0.326 e. The van der Waals surface area contributed by atoms with Crippen LogP contribution in [0.15, 0.2) is 23.3 Å². The van der Waals surface area contributed by atoms with Crippen molar-refractivity contribution < 1.29 is 0 Å². The van der Waals surface area contributed by atoms with Crippen LogP contribution in [0.4, 0.5) is 0 Å². The fourth-order valence-corrected chi connectivity index (χ4v) is 1.28. The molecule has 74 valence electrons. The van der Waals surface area contributed by atoms with E-state index in [2.05, 4.69) is 10.0 Å². The molecule has 0 saturated heterocycles. The zero-order valence-electron chi connectivity index (χ0n) is 7.85. The highest BCUT2D eigenvalue weighted by Gasteiger charge is 1.98. The topological polar surface area (TPSA) is 101 Å². The van der Waals surface area contributed by atoms with E-state index < -0.39 is 0 Å². The maximum atomic E-state index is 8.19. The van der Waals surface area contributed by atoms with Gasteiger partial charge in [-0.25, -0.2) is 0 Å². The molecular formula is C9H13N5. The lowest BCUT2D eigenvalue weighted by atomic mass is 10.1. The average molecular weight is 191 g/mol. The van der Waals surface area contributed by atoms with Crippen molar-refractivity contribution in [1.82, 2.24) is 0 Å². The predicted molar refractivity (Wildman–Crippen MR) is 55.1 cm³/mol. The molecule has 4 N–H and O–H groups in total. The third-order valence-corrected chi connectivity index (χ3v) is 1.90. The summed E-state index contributed by atoms with van der Waals surface area (Å²) in [6.07, 6.45) is 0. The Morgan fingerprint density at radius 3 is 2.00 bits per heavy atom. The van der Waals surface area contributed by atoms with Crippen molar-refractivity contribution in [2.45, 2.75) is 19.6 Å². The first kappa shape index (κ1) is 10.5. The molecular weight excluding hydrogens is 178 g/mol. The number of azide groups is 1. The van der Waals surface area contributed by atoms with Gasteiger partial charge in [0.15, 0.2) is 0 Å². The number of rotatable bonds is 4. The maximum Gasteiger partial charge on any atom is 0.0511 e. The lowest BCUT2D eigenvalue weighted by molar-refractivity contribution is 0.981. The first-order chi connectivity index (χ1) is 6.80. The van der Waals surface area contributed by atoms with E-state index in [0.717, 1.165) is 16.7 Å². The monoisotopic (exact) mass is 191 g/mol. The van der Waals surface area contributed by atoms with Gasteiger partial charge in [-0.2, -0.15) is 0 Å². The molecule has 0 amide bonds. The van der Waals surface area contributed by atoms with E-state index in [1.165, 1.54) is 0 Å². The number of nitrogens with zero attached hydrogens (tertiary/aromatic N) is 3. The maximum absolute atomic E-state index is 8.19. The van der Waals surface area contributed by atoms with E-state index in [4.69, 9.17) is 17.0 Å². The van der Waals surface area contributed by atoms with Crippen LogP contribution in [0, 0.1) is 0 Å². The van der Waals surface area contributed by atoms with Gasteiger partial charge < -0.3 is 11.5 Å². The van der Waals surface area contributed by atoms with E-state index >= 15 is 0 Å². The van der Waals surface area contributed by atoms with Crippen LogP contribution in [0.25, 0.3) is 10.4 Å². The zero-order chi connectivity index (χ0) is 10.4. The Morgan fingerprint density at radius 1 is 1.07 bits per heavy atom. The Morgan fingerprint density at radius 2 is 1.57 bits per heavy atom. The summed E-state index contributed by atoms with van der Waals surface area (Å²) in [6.45, 7) is 1.28. The minimum atomic E-state index is 0.345. The summed E-state index contributed by atoms with van der Waals surface area (Å²) in [7, 11) is 0. The van der Waals surface area contributed by atoms with Crippen molar-refractivity contribution in [3.05, 3.63) is 45.3 Å². The van der Waals surface area contributed by atoms with E-state index in [1.807, 2.05) is 18.2 Å². The summed E-state index contributed by atoms with van der Waals surface area (Å²) in [6, 6.07) is 5.81. The standard InChI is InChI=1S/C9H13N5/c10-4-7-1-8(5-11)3-9(2-7)6-13-14-12/h1-3H,4-6,10-11H2. The van der Waals surface area contributed by atoms with E-state index in [9.17, 15) is 0 Å². The minimum Gasteiger partial charge on any atom is -0.326 e. The third kappa shape index (κ3) is 2.74. The van der Waals surface area contributed by atoms with Crippen molar-refractivity contribution in [2.24, 2.45) is 16.6 Å². The van der Waals surface area contributed by atoms with Crippen LogP contribution in [0.2, 0.25) is 0 Å². The van der Waals surface area contributed by atoms with Gasteiger partial charge in [-0.1, -0.05) is 23.3 Å². The van der Waals surface area contributed by atoms with Gasteiger partial charge in [0, 0.05) is 18.0 Å². The Hall–Kier alpha value is -1.55. The fourth-order valence-electron chi connectivity index (χ4n) is 1.28. The molecule has 14 heavy (non-hydrogen) atoms. The summed E-state index contributed by atoms with van der Waals surface area (Å²) >= 11 is 0. The first-order valence-electron chi connectivity index (χ1n) is 4.33. The molecule has 0 bridgehead atoms. The lowest BCUT2D eigenvalue weighted by Crippen LogP contribution is -2.02. The highest BCUT2D eigenvalue weighted by Crippen LogP contribution is 2.11. The third-order valence-electron chi connectivity index (χ3n) is 1.90. The molecule has 0 radical (unpaired) electrons. The van der Waals surface area contributed by atoms with Crippen LogP contribution >= 0.6 is 0 Å². The van der Waals surface area contributed by atoms with Crippen molar-refractivity contribution in [2.75, 3.05) is 0 Å². The molecule has 0 atom stereocenters. The van der Waals surface area contributed by atoms with Gasteiger partial charge in [-0.3, -0.25) is 0 Å². The zero-order valence-corrected chi connectivity index (χ0v) is 7.85. The molecule has 1 aromatic carbocycles. The summed E-state index contributed by atoms with van der Waals surface area (Å²) in [5, 5.41) is 3.49. The smallest absolute Gasteiger partial charge is 0.0511 e. The van der Waals surface area contributed by atoms with Gasteiger partial charge in [0.1, 0.15) is 0 Å². The number of nitrogens with two attached hydrogens (primary N) is 2. The van der Waals surface area contributed by atoms with Crippen molar-refractivity contribution >= 4 is 0 Å². The van der Waals surface area contributed by atoms with Crippen LogP contribution in [0.1, 0.15) is 16.7 Å². The second kappa shape index (κ2) is 5.24.